The molecule has 5 rings (SSSR count). The first-order valence-corrected chi connectivity index (χ1v) is 11.8. The quantitative estimate of drug-likeness (QED) is 0.219. The van der Waals surface area contributed by atoms with E-state index in [1.54, 1.807) is 24.5 Å². The molecule has 11 heteroatoms. The van der Waals surface area contributed by atoms with Crippen LogP contribution in [0.2, 0.25) is 0 Å². The summed E-state index contributed by atoms with van der Waals surface area (Å²) in [6.07, 6.45) is 3.44. The number of anilines is 2. The summed E-state index contributed by atoms with van der Waals surface area (Å²) in [5.41, 5.74) is 9.51. The Balaban J connectivity index is 1.55. The molecule has 0 aromatic carbocycles. The second-order valence-corrected chi connectivity index (χ2v) is 10.2. The molecule has 186 valence electrons. The van der Waals surface area contributed by atoms with E-state index in [4.69, 9.17) is 20.0 Å². The van der Waals surface area contributed by atoms with Crippen LogP contribution >= 0.6 is 0 Å². The lowest BCUT2D eigenvalue weighted by atomic mass is 9.84. The molecule has 36 heavy (non-hydrogen) atoms. The number of hydrogen-bond acceptors (Lipinski definition) is 9. The van der Waals surface area contributed by atoms with Crippen molar-refractivity contribution < 1.29 is 14.3 Å². The fourth-order valence-electron chi connectivity index (χ4n) is 4.32. The Morgan fingerprint density at radius 1 is 1.22 bits per heavy atom. The van der Waals surface area contributed by atoms with Crippen LogP contribution in [0.4, 0.5) is 11.6 Å². The van der Waals surface area contributed by atoms with E-state index in [-0.39, 0.29) is 18.0 Å². The van der Waals surface area contributed by atoms with Crippen LogP contribution in [0.15, 0.2) is 35.7 Å². The monoisotopic (exact) mass is 488 g/mol. The molecule has 2 N–H and O–H groups in total. The number of ether oxygens (including phenoxy) is 2. The summed E-state index contributed by atoms with van der Waals surface area (Å²) in [7, 11) is 0. The van der Waals surface area contributed by atoms with E-state index in [1.165, 1.54) is 0 Å². The van der Waals surface area contributed by atoms with Crippen LogP contribution < -0.4 is 15.4 Å². The zero-order chi connectivity index (χ0) is 25.7. The number of aromatic nitrogens is 3. The summed E-state index contributed by atoms with van der Waals surface area (Å²) >= 11 is 0. The molecule has 0 spiro atoms. The highest BCUT2D eigenvalue weighted by molar-refractivity contribution is 5.93. The van der Waals surface area contributed by atoms with Gasteiger partial charge in [-0.05, 0) is 48.5 Å². The van der Waals surface area contributed by atoms with Crippen LogP contribution in [0.25, 0.3) is 21.2 Å². The number of hydrogen-bond donors (Lipinski definition) is 2. The Morgan fingerprint density at radius 2 is 2.00 bits per heavy atom. The summed E-state index contributed by atoms with van der Waals surface area (Å²) in [5, 5.41) is 11.9. The fourth-order valence-corrected chi connectivity index (χ4v) is 4.32. The number of carbonyl (C=O) groups excluding carboxylic acids is 1. The van der Waals surface area contributed by atoms with Crippen molar-refractivity contribution in [2.75, 3.05) is 18.4 Å². The van der Waals surface area contributed by atoms with E-state index in [2.05, 4.69) is 30.6 Å². The highest BCUT2D eigenvalue weighted by atomic mass is 16.6. The first-order valence-electron chi connectivity index (χ1n) is 11.8. The minimum Gasteiger partial charge on any atom is -0.471 e. The zero-order valence-corrected chi connectivity index (χ0v) is 20.9. The minimum atomic E-state index is -0.847. The van der Waals surface area contributed by atoms with Gasteiger partial charge in [0, 0.05) is 36.3 Å². The SMILES string of the molecule is C[C@@H]1c2nc(Nc3cc4c(C(C)(C)N=[N+]=[N-])cnc(OC5CNC5)c4cn3)ccc2C(=O)OC1(C)C. The molecule has 1 saturated heterocycles. The van der Waals surface area contributed by atoms with Gasteiger partial charge < -0.3 is 20.1 Å². The lowest BCUT2D eigenvalue weighted by molar-refractivity contribution is -0.0189. The van der Waals surface area contributed by atoms with E-state index in [0.29, 0.717) is 28.8 Å². The first kappa shape index (κ1) is 23.8. The largest absolute Gasteiger partial charge is 0.471 e. The number of fused-ring (bicyclic) bond motifs is 2. The number of nitrogens with one attached hydrogen (secondary N) is 2. The predicted molar refractivity (Wildman–Crippen MR) is 134 cm³/mol. The van der Waals surface area contributed by atoms with Gasteiger partial charge in [0.2, 0.25) is 5.88 Å². The van der Waals surface area contributed by atoms with Crippen molar-refractivity contribution >= 4 is 28.4 Å². The van der Waals surface area contributed by atoms with Crippen LogP contribution in [-0.4, -0.2) is 45.7 Å². The number of esters is 1. The van der Waals surface area contributed by atoms with E-state index in [1.807, 2.05) is 40.7 Å². The maximum atomic E-state index is 12.4. The Hall–Kier alpha value is -3.95. The van der Waals surface area contributed by atoms with Gasteiger partial charge in [-0.15, -0.1) is 0 Å². The highest BCUT2D eigenvalue weighted by Gasteiger charge is 2.40. The highest BCUT2D eigenvalue weighted by Crippen LogP contribution is 2.39. The number of azide groups is 1. The fraction of sp³-hybridized carbons (Fsp3) is 0.440. The van der Waals surface area contributed by atoms with Gasteiger partial charge in [0.25, 0.3) is 0 Å². The number of nitrogens with zero attached hydrogens (tertiary/aromatic N) is 6. The van der Waals surface area contributed by atoms with E-state index >= 15 is 0 Å². The van der Waals surface area contributed by atoms with Gasteiger partial charge in [0.05, 0.1) is 22.2 Å². The molecule has 5 heterocycles. The lowest BCUT2D eigenvalue weighted by Gasteiger charge is -2.36. The molecule has 0 unspecified atom stereocenters. The molecule has 3 aromatic heterocycles. The summed E-state index contributed by atoms with van der Waals surface area (Å²) in [4.78, 5) is 29.3. The van der Waals surface area contributed by atoms with Crippen LogP contribution in [0, 0.1) is 0 Å². The third kappa shape index (κ3) is 4.16. The summed E-state index contributed by atoms with van der Waals surface area (Å²) in [5.74, 6) is 1.13. The van der Waals surface area contributed by atoms with Crippen LogP contribution in [0.5, 0.6) is 5.88 Å². The standard InChI is InChI=1S/C25H28N8O3/c1-13-21-15(23(34)36-25(13,4)5)6-7-19(31-21)30-20-8-16-17(11-28-20)22(35-14-9-27-10-14)29-12-18(16)24(2,3)32-33-26/h6-8,11-14,27H,9-10H2,1-5H3,(H,28,30,31)/t13-/m1/s1. The van der Waals surface area contributed by atoms with Crippen molar-refractivity contribution in [3.63, 3.8) is 0 Å². The number of rotatable bonds is 6. The molecule has 1 fully saturated rings. The lowest BCUT2D eigenvalue weighted by Crippen LogP contribution is -2.50. The number of cyclic esters (lactones) is 1. The maximum absolute atomic E-state index is 12.4. The maximum Gasteiger partial charge on any atom is 0.340 e. The van der Waals surface area contributed by atoms with E-state index < -0.39 is 11.1 Å². The van der Waals surface area contributed by atoms with Crippen LogP contribution in [0.1, 0.15) is 62.2 Å². The average molecular weight is 489 g/mol. The van der Waals surface area contributed by atoms with Crippen LogP contribution in [-0.2, 0) is 10.3 Å². The van der Waals surface area contributed by atoms with Gasteiger partial charge in [0.15, 0.2) is 0 Å². The Kier molecular flexibility index (Phi) is 5.69. The van der Waals surface area contributed by atoms with Gasteiger partial charge in [-0.2, -0.15) is 0 Å². The van der Waals surface area contributed by atoms with E-state index in [9.17, 15) is 4.79 Å². The van der Waals surface area contributed by atoms with Gasteiger partial charge in [-0.1, -0.05) is 25.9 Å². The molecular weight excluding hydrogens is 460 g/mol. The third-order valence-corrected chi connectivity index (χ3v) is 6.92. The van der Waals surface area contributed by atoms with Gasteiger partial charge in [-0.3, -0.25) is 0 Å². The second kappa shape index (κ2) is 8.61. The molecule has 0 aliphatic carbocycles. The molecule has 2 aliphatic heterocycles. The molecule has 0 radical (unpaired) electrons. The molecular formula is C25H28N8O3. The van der Waals surface area contributed by atoms with Crippen molar-refractivity contribution in [1.82, 2.24) is 20.3 Å². The first-order chi connectivity index (χ1) is 17.1. The van der Waals surface area contributed by atoms with Gasteiger partial charge >= 0.3 is 5.97 Å². The molecule has 11 nitrogen and oxygen atoms in total. The van der Waals surface area contributed by atoms with Crippen molar-refractivity contribution in [3.05, 3.63) is 57.9 Å². The number of carbonyl (C=O) groups is 1. The summed E-state index contributed by atoms with van der Waals surface area (Å²) in [6, 6.07) is 5.32. The Morgan fingerprint density at radius 3 is 2.69 bits per heavy atom. The van der Waals surface area contributed by atoms with Crippen molar-refractivity contribution in [3.8, 4) is 5.88 Å². The smallest absolute Gasteiger partial charge is 0.340 e. The number of pyridine rings is 3. The Bertz CT molecular complexity index is 1410. The molecule has 0 saturated carbocycles. The minimum absolute atomic E-state index is 0.0483. The summed E-state index contributed by atoms with van der Waals surface area (Å²) < 4.78 is 11.6. The molecule has 0 bridgehead atoms. The van der Waals surface area contributed by atoms with Crippen LogP contribution in [0.3, 0.4) is 0 Å². The van der Waals surface area contributed by atoms with Crippen molar-refractivity contribution in [2.24, 2.45) is 5.11 Å². The average Bonchev–Trinajstić information content (AvgIpc) is 2.79. The topological polar surface area (TPSA) is 147 Å². The van der Waals surface area contributed by atoms with Crippen molar-refractivity contribution in [1.29, 1.82) is 0 Å². The molecule has 0 amide bonds. The van der Waals surface area contributed by atoms with Gasteiger partial charge in [0.1, 0.15) is 23.3 Å². The second-order valence-electron chi connectivity index (χ2n) is 10.2. The Labute approximate surface area is 208 Å². The molecule has 1 atom stereocenters. The molecule has 2 aliphatic rings. The van der Waals surface area contributed by atoms with Gasteiger partial charge in [-0.25, -0.2) is 19.7 Å². The zero-order valence-electron chi connectivity index (χ0n) is 20.9. The normalized spacial score (nSPS) is 19.0. The summed E-state index contributed by atoms with van der Waals surface area (Å²) in [6.45, 7) is 10.9. The molecule has 3 aromatic rings. The van der Waals surface area contributed by atoms with Crippen molar-refractivity contribution in [2.45, 2.75) is 57.8 Å². The predicted octanol–water partition coefficient (Wildman–Crippen LogP) is 4.72. The van der Waals surface area contributed by atoms with E-state index in [0.717, 1.165) is 29.4 Å². The third-order valence-electron chi connectivity index (χ3n) is 6.92.